The molecule has 1 aromatic carbocycles. The Morgan fingerprint density at radius 1 is 1.13 bits per heavy atom. The first-order valence-electron chi connectivity index (χ1n) is 6.84. The van der Waals surface area contributed by atoms with Gasteiger partial charge in [0.15, 0.2) is 0 Å². The highest BCUT2D eigenvalue weighted by atomic mass is 35.5. The zero-order valence-corrected chi connectivity index (χ0v) is 15.4. The van der Waals surface area contributed by atoms with Crippen LogP contribution in [0.1, 0.15) is 6.42 Å². The fourth-order valence-corrected chi connectivity index (χ4v) is 4.61. The van der Waals surface area contributed by atoms with Crippen LogP contribution in [0.3, 0.4) is 0 Å². The lowest BCUT2D eigenvalue weighted by atomic mass is 10.2. The largest absolute Gasteiger partial charge is 0.315 e. The van der Waals surface area contributed by atoms with E-state index in [1.807, 2.05) is 6.07 Å². The molecule has 1 N–H and O–H groups in total. The van der Waals surface area contributed by atoms with Crippen molar-refractivity contribution in [1.82, 2.24) is 14.6 Å². The van der Waals surface area contributed by atoms with E-state index >= 15 is 0 Å². The van der Waals surface area contributed by atoms with Crippen molar-refractivity contribution in [2.45, 2.75) is 11.3 Å². The maximum Gasteiger partial charge on any atom is 0.243 e. The first kappa shape index (κ1) is 20.4. The van der Waals surface area contributed by atoms with Gasteiger partial charge in [-0.3, -0.25) is 4.98 Å². The van der Waals surface area contributed by atoms with Crippen LogP contribution in [-0.4, -0.2) is 43.9 Å². The van der Waals surface area contributed by atoms with Crippen LogP contribution in [0.25, 0.3) is 10.8 Å². The van der Waals surface area contributed by atoms with Crippen molar-refractivity contribution in [3.8, 4) is 0 Å². The number of nitrogens with zero attached hydrogens (tertiary/aromatic N) is 2. The normalized spacial score (nSPS) is 16.2. The molecule has 0 unspecified atom stereocenters. The Kier molecular flexibility index (Phi) is 7.51. The number of nitrogens with one attached hydrogen (secondary N) is 1. The molecule has 5 nitrogen and oxygen atoms in total. The Labute approximate surface area is 153 Å². The zero-order valence-electron chi connectivity index (χ0n) is 12.2. The Bertz CT molecular complexity index is 758. The highest BCUT2D eigenvalue weighted by molar-refractivity contribution is 7.89. The number of fused-ring (bicyclic) bond motifs is 1. The van der Waals surface area contributed by atoms with Crippen LogP contribution < -0.4 is 5.32 Å². The molecule has 2 aromatic rings. The summed E-state index contributed by atoms with van der Waals surface area (Å²) in [6.07, 6.45) is 3.91. The van der Waals surface area contributed by atoms with Gasteiger partial charge < -0.3 is 5.32 Å². The molecule has 9 heteroatoms. The number of aromatic nitrogens is 1. The molecule has 3 rings (SSSR count). The molecule has 0 aliphatic carbocycles. The van der Waals surface area contributed by atoms with Crippen molar-refractivity contribution < 1.29 is 8.42 Å². The van der Waals surface area contributed by atoms with Crippen LogP contribution in [0.2, 0.25) is 5.02 Å². The molecule has 1 aliphatic heterocycles. The quantitative estimate of drug-likeness (QED) is 0.845. The van der Waals surface area contributed by atoms with Crippen LogP contribution >= 0.6 is 36.4 Å². The highest BCUT2D eigenvalue weighted by Crippen LogP contribution is 2.30. The van der Waals surface area contributed by atoms with Crippen molar-refractivity contribution in [1.29, 1.82) is 0 Å². The molecule has 0 spiro atoms. The topological polar surface area (TPSA) is 62.3 Å². The van der Waals surface area contributed by atoms with E-state index in [2.05, 4.69) is 10.3 Å². The number of benzene rings is 1. The molecule has 0 amide bonds. The fraction of sp³-hybridized carbons (Fsp3) is 0.357. The first-order valence-corrected chi connectivity index (χ1v) is 8.65. The van der Waals surface area contributed by atoms with Gasteiger partial charge in [0.25, 0.3) is 0 Å². The standard InChI is InChI=1S/C14H16ClN3O2S.2ClH/c15-12-10-17-9-11-3-1-4-13(14(11)12)21(19,20)18-7-2-5-16-6-8-18;;/h1,3-4,9-10,16H,2,5-8H2;2*1H. The van der Waals surface area contributed by atoms with Gasteiger partial charge in [0.05, 0.1) is 9.92 Å². The average Bonchev–Trinajstić information content (AvgIpc) is 2.76. The zero-order chi connectivity index (χ0) is 14.9. The summed E-state index contributed by atoms with van der Waals surface area (Å²) in [4.78, 5) is 4.27. The van der Waals surface area contributed by atoms with E-state index in [9.17, 15) is 8.42 Å². The number of sulfonamides is 1. The second kappa shape index (κ2) is 8.46. The summed E-state index contributed by atoms with van der Waals surface area (Å²) >= 11 is 6.18. The molecular weight excluding hydrogens is 381 g/mol. The maximum absolute atomic E-state index is 12.9. The molecule has 0 saturated carbocycles. The summed E-state index contributed by atoms with van der Waals surface area (Å²) in [5, 5.41) is 4.85. The lowest BCUT2D eigenvalue weighted by Crippen LogP contribution is -2.34. The van der Waals surface area contributed by atoms with Crippen molar-refractivity contribution in [2.75, 3.05) is 26.2 Å². The number of rotatable bonds is 2. The molecule has 1 fully saturated rings. The molecule has 1 saturated heterocycles. The van der Waals surface area contributed by atoms with Gasteiger partial charge in [0.2, 0.25) is 10.0 Å². The first-order chi connectivity index (χ1) is 10.1. The van der Waals surface area contributed by atoms with E-state index in [1.165, 1.54) is 10.5 Å². The van der Waals surface area contributed by atoms with E-state index in [1.54, 1.807) is 18.3 Å². The van der Waals surface area contributed by atoms with Gasteiger partial charge in [-0.2, -0.15) is 4.31 Å². The van der Waals surface area contributed by atoms with Crippen molar-refractivity contribution in [2.24, 2.45) is 0 Å². The van der Waals surface area contributed by atoms with E-state index in [4.69, 9.17) is 11.6 Å². The lowest BCUT2D eigenvalue weighted by Gasteiger charge is -2.20. The van der Waals surface area contributed by atoms with Crippen molar-refractivity contribution >= 4 is 57.2 Å². The molecule has 0 radical (unpaired) electrons. The van der Waals surface area contributed by atoms with E-state index in [-0.39, 0.29) is 29.7 Å². The Morgan fingerprint density at radius 2 is 1.91 bits per heavy atom. The molecule has 128 valence electrons. The number of halogens is 3. The van der Waals surface area contributed by atoms with Gasteiger partial charge in [0.1, 0.15) is 0 Å². The SMILES string of the molecule is Cl.Cl.O=S(=O)(c1cccc2cncc(Cl)c12)N1CCCNCC1. The van der Waals surface area contributed by atoms with Crippen molar-refractivity contribution in [3.05, 3.63) is 35.6 Å². The van der Waals surface area contributed by atoms with Gasteiger partial charge in [-0.1, -0.05) is 23.7 Å². The Hall–Kier alpha value is -0.630. The third-order valence-corrected chi connectivity index (χ3v) is 5.84. The molecule has 1 aliphatic rings. The summed E-state index contributed by atoms with van der Waals surface area (Å²) in [7, 11) is -3.55. The second-order valence-corrected chi connectivity index (χ2v) is 7.30. The minimum Gasteiger partial charge on any atom is -0.315 e. The smallest absolute Gasteiger partial charge is 0.243 e. The maximum atomic E-state index is 12.9. The summed E-state index contributed by atoms with van der Waals surface area (Å²) < 4.78 is 27.4. The number of hydrogen-bond donors (Lipinski definition) is 1. The minimum atomic E-state index is -3.55. The van der Waals surface area contributed by atoms with E-state index in [0.29, 0.717) is 30.0 Å². The summed E-state index contributed by atoms with van der Waals surface area (Å²) in [5.41, 5.74) is 0. The van der Waals surface area contributed by atoms with Gasteiger partial charge in [-0.25, -0.2) is 8.42 Å². The Morgan fingerprint density at radius 3 is 2.70 bits per heavy atom. The van der Waals surface area contributed by atoms with E-state index < -0.39 is 10.0 Å². The van der Waals surface area contributed by atoms with Gasteiger partial charge in [0, 0.05) is 42.8 Å². The molecule has 1 aromatic heterocycles. The van der Waals surface area contributed by atoms with Crippen molar-refractivity contribution in [3.63, 3.8) is 0 Å². The Balaban J connectivity index is 0.00000132. The number of pyridine rings is 1. The molecule has 0 bridgehead atoms. The van der Waals surface area contributed by atoms with Gasteiger partial charge in [-0.15, -0.1) is 24.8 Å². The van der Waals surface area contributed by atoms with Crippen LogP contribution in [0.4, 0.5) is 0 Å². The molecule has 23 heavy (non-hydrogen) atoms. The van der Waals surface area contributed by atoms with Crippen LogP contribution in [0.15, 0.2) is 35.5 Å². The van der Waals surface area contributed by atoms with Crippen LogP contribution in [0, 0.1) is 0 Å². The summed E-state index contributed by atoms with van der Waals surface area (Å²) in [6.45, 7) is 2.50. The van der Waals surface area contributed by atoms with E-state index in [0.717, 1.165) is 18.4 Å². The third-order valence-electron chi connectivity index (χ3n) is 3.62. The molecule has 2 heterocycles. The molecular formula is C14H18Cl3N3O2S. The predicted molar refractivity (Wildman–Crippen MR) is 97.5 cm³/mol. The average molecular weight is 399 g/mol. The monoisotopic (exact) mass is 397 g/mol. The predicted octanol–water partition coefficient (Wildman–Crippen LogP) is 2.72. The van der Waals surface area contributed by atoms with Crippen LogP contribution in [-0.2, 0) is 10.0 Å². The summed E-state index contributed by atoms with van der Waals surface area (Å²) in [5.74, 6) is 0. The van der Waals surface area contributed by atoms with Gasteiger partial charge in [-0.05, 0) is 19.0 Å². The third kappa shape index (κ3) is 4.07. The highest BCUT2D eigenvalue weighted by Gasteiger charge is 2.27. The minimum absolute atomic E-state index is 0. The molecule has 0 atom stereocenters. The lowest BCUT2D eigenvalue weighted by molar-refractivity contribution is 0.432. The number of hydrogen-bond acceptors (Lipinski definition) is 4. The summed E-state index contributed by atoms with van der Waals surface area (Å²) in [6, 6.07) is 5.16. The van der Waals surface area contributed by atoms with Crippen LogP contribution in [0.5, 0.6) is 0 Å². The second-order valence-electron chi connectivity index (χ2n) is 4.98. The van der Waals surface area contributed by atoms with Gasteiger partial charge >= 0.3 is 0 Å². The fourth-order valence-electron chi connectivity index (χ4n) is 2.57.